The van der Waals surface area contributed by atoms with E-state index in [1.54, 1.807) is 0 Å². The summed E-state index contributed by atoms with van der Waals surface area (Å²) in [5, 5.41) is 8.25. The molecule has 19 heavy (non-hydrogen) atoms. The van der Waals surface area contributed by atoms with Gasteiger partial charge in [-0.1, -0.05) is 26.7 Å². The Labute approximate surface area is 116 Å². The van der Waals surface area contributed by atoms with Gasteiger partial charge in [-0.2, -0.15) is 5.10 Å². The zero-order chi connectivity index (χ0) is 13.2. The van der Waals surface area contributed by atoms with Gasteiger partial charge in [0.15, 0.2) is 0 Å². The Bertz CT molecular complexity index is 400. The van der Waals surface area contributed by atoms with E-state index in [-0.39, 0.29) is 0 Å². The number of hydrogen-bond acceptors (Lipinski definition) is 2. The molecule has 1 aromatic rings. The fourth-order valence-electron chi connectivity index (χ4n) is 4.21. The number of fused-ring (bicyclic) bond motifs is 1. The van der Waals surface area contributed by atoms with Crippen molar-refractivity contribution >= 4 is 0 Å². The van der Waals surface area contributed by atoms with Crippen LogP contribution in [-0.2, 0) is 6.54 Å². The lowest BCUT2D eigenvalue weighted by atomic mass is 10.0. The van der Waals surface area contributed by atoms with Gasteiger partial charge in [0, 0.05) is 12.7 Å². The fraction of sp³-hybridized carbons (Fsp3) is 0.812. The van der Waals surface area contributed by atoms with Gasteiger partial charge in [0.05, 0.1) is 11.7 Å². The van der Waals surface area contributed by atoms with Gasteiger partial charge >= 0.3 is 0 Å². The first-order chi connectivity index (χ1) is 9.36. The molecule has 0 spiro atoms. The molecule has 1 N–H and O–H groups in total. The summed E-state index contributed by atoms with van der Waals surface area (Å²) in [7, 11) is 0. The van der Waals surface area contributed by atoms with Crippen molar-refractivity contribution in [3.05, 3.63) is 18.0 Å². The first kappa shape index (κ1) is 13.2. The molecular formula is C16H27N3. The average Bonchev–Trinajstić information content (AvgIpc) is 2.97. The van der Waals surface area contributed by atoms with Gasteiger partial charge in [-0.05, 0) is 49.6 Å². The maximum Gasteiger partial charge on any atom is 0.0556 e. The molecule has 0 aromatic carbocycles. The number of aryl methyl sites for hydroxylation is 1. The summed E-state index contributed by atoms with van der Waals surface area (Å²) >= 11 is 0. The van der Waals surface area contributed by atoms with E-state index >= 15 is 0 Å². The average molecular weight is 261 g/mol. The molecule has 2 aliphatic rings. The topological polar surface area (TPSA) is 29.9 Å². The van der Waals surface area contributed by atoms with Crippen molar-refractivity contribution in [2.45, 2.75) is 58.5 Å². The van der Waals surface area contributed by atoms with Crippen LogP contribution in [0.5, 0.6) is 0 Å². The molecule has 3 heteroatoms. The standard InChI is InChI=1S/C16H27N3/c1-3-11-19-14(9-10-18-19)16(17-4-2)15-12-7-5-6-8-13(12)15/h9-10,12-13,15-17H,3-8,11H2,1-2H3. The molecule has 0 radical (unpaired) electrons. The van der Waals surface area contributed by atoms with Crippen molar-refractivity contribution in [2.24, 2.45) is 17.8 Å². The quantitative estimate of drug-likeness (QED) is 0.850. The predicted molar refractivity (Wildman–Crippen MR) is 77.9 cm³/mol. The monoisotopic (exact) mass is 261 g/mol. The van der Waals surface area contributed by atoms with Crippen LogP contribution in [-0.4, -0.2) is 16.3 Å². The molecule has 106 valence electrons. The molecule has 2 fully saturated rings. The Morgan fingerprint density at radius 3 is 2.68 bits per heavy atom. The summed E-state index contributed by atoms with van der Waals surface area (Å²) in [4.78, 5) is 0. The first-order valence-electron chi connectivity index (χ1n) is 8.11. The second-order valence-corrected chi connectivity index (χ2v) is 6.20. The summed E-state index contributed by atoms with van der Waals surface area (Å²) in [6.07, 6.45) is 8.94. The molecule has 3 unspecified atom stereocenters. The molecule has 2 aliphatic carbocycles. The molecule has 0 bridgehead atoms. The Morgan fingerprint density at radius 2 is 2.05 bits per heavy atom. The van der Waals surface area contributed by atoms with E-state index in [1.165, 1.54) is 31.4 Å². The summed E-state index contributed by atoms with van der Waals surface area (Å²) in [5.74, 6) is 2.85. The number of nitrogens with zero attached hydrogens (tertiary/aromatic N) is 2. The van der Waals surface area contributed by atoms with Crippen molar-refractivity contribution in [1.82, 2.24) is 15.1 Å². The largest absolute Gasteiger partial charge is 0.309 e. The second kappa shape index (κ2) is 5.66. The second-order valence-electron chi connectivity index (χ2n) is 6.20. The van der Waals surface area contributed by atoms with Crippen LogP contribution in [0.25, 0.3) is 0 Å². The number of hydrogen-bond donors (Lipinski definition) is 1. The van der Waals surface area contributed by atoms with Crippen LogP contribution in [0.15, 0.2) is 12.3 Å². The molecule has 0 aliphatic heterocycles. The normalized spacial score (nSPS) is 30.9. The highest BCUT2D eigenvalue weighted by Crippen LogP contribution is 2.60. The van der Waals surface area contributed by atoms with Crippen LogP contribution in [0.4, 0.5) is 0 Å². The van der Waals surface area contributed by atoms with Crippen LogP contribution < -0.4 is 5.32 Å². The van der Waals surface area contributed by atoms with Crippen LogP contribution in [0, 0.1) is 17.8 Å². The van der Waals surface area contributed by atoms with Crippen molar-refractivity contribution in [1.29, 1.82) is 0 Å². The van der Waals surface area contributed by atoms with E-state index in [2.05, 4.69) is 35.0 Å². The van der Waals surface area contributed by atoms with Gasteiger partial charge in [0.25, 0.3) is 0 Å². The summed E-state index contributed by atoms with van der Waals surface area (Å²) in [6, 6.07) is 2.76. The molecule has 3 atom stereocenters. The SMILES string of the molecule is CCCn1nccc1C(NCC)C1C2CCCCC21. The number of aromatic nitrogens is 2. The molecule has 1 heterocycles. The predicted octanol–water partition coefficient (Wildman–Crippen LogP) is 3.38. The van der Waals surface area contributed by atoms with Crippen LogP contribution in [0.1, 0.15) is 57.7 Å². The maximum atomic E-state index is 4.51. The van der Waals surface area contributed by atoms with E-state index in [4.69, 9.17) is 0 Å². The third-order valence-corrected chi connectivity index (χ3v) is 5.04. The Balaban J connectivity index is 1.79. The minimum atomic E-state index is 0.534. The van der Waals surface area contributed by atoms with E-state index in [0.717, 1.165) is 37.3 Å². The molecule has 0 saturated heterocycles. The Hall–Kier alpha value is -0.830. The fourth-order valence-corrected chi connectivity index (χ4v) is 4.21. The summed E-state index contributed by atoms with van der Waals surface area (Å²) in [6.45, 7) is 6.55. The zero-order valence-corrected chi connectivity index (χ0v) is 12.3. The first-order valence-corrected chi connectivity index (χ1v) is 8.11. The third-order valence-electron chi connectivity index (χ3n) is 5.04. The van der Waals surface area contributed by atoms with Gasteiger partial charge in [-0.3, -0.25) is 4.68 Å². The van der Waals surface area contributed by atoms with Gasteiger partial charge in [-0.15, -0.1) is 0 Å². The lowest BCUT2D eigenvalue weighted by Gasteiger charge is -2.20. The molecule has 1 aromatic heterocycles. The van der Waals surface area contributed by atoms with Gasteiger partial charge in [0.2, 0.25) is 0 Å². The highest BCUT2D eigenvalue weighted by Gasteiger charge is 2.54. The van der Waals surface area contributed by atoms with E-state index in [0.29, 0.717) is 6.04 Å². The van der Waals surface area contributed by atoms with E-state index < -0.39 is 0 Å². The van der Waals surface area contributed by atoms with Gasteiger partial charge < -0.3 is 5.32 Å². The summed E-state index contributed by atoms with van der Waals surface area (Å²) in [5.41, 5.74) is 1.42. The zero-order valence-electron chi connectivity index (χ0n) is 12.3. The van der Waals surface area contributed by atoms with E-state index in [1.807, 2.05) is 6.20 Å². The third kappa shape index (κ3) is 2.45. The van der Waals surface area contributed by atoms with Crippen LogP contribution >= 0.6 is 0 Å². The lowest BCUT2D eigenvalue weighted by molar-refractivity contribution is 0.415. The van der Waals surface area contributed by atoms with Crippen molar-refractivity contribution < 1.29 is 0 Å². The molecule has 0 amide bonds. The van der Waals surface area contributed by atoms with Crippen molar-refractivity contribution in [3.63, 3.8) is 0 Å². The lowest BCUT2D eigenvalue weighted by Crippen LogP contribution is -2.26. The smallest absolute Gasteiger partial charge is 0.0556 e. The highest BCUT2D eigenvalue weighted by atomic mass is 15.3. The maximum absolute atomic E-state index is 4.51. The minimum Gasteiger partial charge on any atom is -0.309 e. The Morgan fingerprint density at radius 1 is 1.32 bits per heavy atom. The number of rotatable bonds is 6. The molecule has 2 saturated carbocycles. The minimum absolute atomic E-state index is 0.534. The van der Waals surface area contributed by atoms with Gasteiger partial charge in [0.1, 0.15) is 0 Å². The summed E-state index contributed by atoms with van der Waals surface area (Å²) < 4.78 is 2.22. The molecule has 3 nitrogen and oxygen atoms in total. The molecule has 3 rings (SSSR count). The van der Waals surface area contributed by atoms with Crippen molar-refractivity contribution in [3.8, 4) is 0 Å². The van der Waals surface area contributed by atoms with Crippen molar-refractivity contribution in [2.75, 3.05) is 6.54 Å². The Kier molecular flexibility index (Phi) is 3.92. The van der Waals surface area contributed by atoms with Gasteiger partial charge in [-0.25, -0.2) is 0 Å². The van der Waals surface area contributed by atoms with Crippen LogP contribution in [0.3, 0.4) is 0 Å². The highest BCUT2D eigenvalue weighted by molar-refractivity contribution is 5.16. The number of nitrogens with one attached hydrogen (secondary N) is 1. The van der Waals surface area contributed by atoms with Crippen LogP contribution in [0.2, 0.25) is 0 Å². The molecular weight excluding hydrogens is 234 g/mol. The van der Waals surface area contributed by atoms with E-state index in [9.17, 15) is 0 Å².